The van der Waals surface area contributed by atoms with E-state index in [-0.39, 0.29) is 0 Å². The molecule has 0 heterocycles. The molecule has 1 saturated carbocycles. The van der Waals surface area contributed by atoms with Gasteiger partial charge in [0.15, 0.2) is 0 Å². The summed E-state index contributed by atoms with van der Waals surface area (Å²) < 4.78 is 0. The van der Waals surface area contributed by atoms with Gasteiger partial charge in [-0.2, -0.15) is 0 Å². The van der Waals surface area contributed by atoms with Gasteiger partial charge in [0.1, 0.15) is 0 Å². The van der Waals surface area contributed by atoms with Crippen LogP contribution in [0.2, 0.25) is 10.0 Å². The van der Waals surface area contributed by atoms with E-state index in [1.165, 1.54) is 44.1 Å². The molecule has 106 valence electrons. The van der Waals surface area contributed by atoms with Crippen LogP contribution in [0.5, 0.6) is 0 Å². The molecule has 1 aromatic carbocycles. The van der Waals surface area contributed by atoms with Crippen LogP contribution in [-0.2, 0) is 0 Å². The molecule has 1 nitrogen and oxygen atoms in total. The fourth-order valence-corrected chi connectivity index (χ4v) is 3.51. The molecular weight excluding hydrogens is 277 g/mol. The molecule has 19 heavy (non-hydrogen) atoms. The second-order valence-electron chi connectivity index (χ2n) is 5.45. The van der Waals surface area contributed by atoms with Crippen molar-refractivity contribution in [3.8, 4) is 0 Å². The Balaban J connectivity index is 2.23. The summed E-state index contributed by atoms with van der Waals surface area (Å²) in [5.41, 5.74) is 1.23. The lowest BCUT2D eigenvalue weighted by atomic mass is 9.87. The first-order valence-corrected chi connectivity index (χ1v) is 8.17. The van der Waals surface area contributed by atoms with E-state index in [2.05, 4.69) is 18.3 Å². The second kappa shape index (κ2) is 7.52. The van der Waals surface area contributed by atoms with Crippen molar-refractivity contribution in [3.05, 3.63) is 33.8 Å². The van der Waals surface area contributed by atoms with E-state index in [1.54, 1.807) is 0 Å². The van der Waals surface area contributed by atoms with Crippen molar-refractivity contribution in [2.45, 2.75) is 57.4 Å². The summed E-state index contributed by atoms with van der Waals surface area (Å²) in [4.78, 5) is 0. The zero-order chi connectivity index (χ0) is 13.7. The third-order valence-electron chi connectivity index (χ3n) is 4.05. The van der Waals surface area contributed by atoms with Crippen molar-refractivity contribution in [3.63, 3.8) is 0 Å². The van der Waals surface area contributed by atoms with Crippen LogP contribution < -0.4 is 5.32 Å². The smallest absolute Gasteiger partial charge is 0.0627 e. The van der Waals surface area contributed by atoms with Gasteiger partial charge in [-0.1, -0.05) is 61.5 Å². The zero-order valence-electron chi connectivity index (χ0n) is 11.6. The Morgan fingerprint density at radius 2 is 1.95 bits per heavy atom. The fourth-order valence-electron chi connectivity index (χ4n) is 3.06. The first-order valence-electron chi connectivity index (χ1n) is 7.41. The standard InChI is InChI=1S/C16H23Cl2N/c1-2-11-19-15-10-5-3-4-7-12(15)13-8-6-9-14(17)16(13)18/h6,8-9,12,15,19H,2-5,7,10-11H2,1H3. The summed E-state index contributed by atoms with van der Waals surface area (Å²) in [6.07, 6.45) is 7.56. The number of hydrogen-bond acceptors (Lipinski definition) is 1. The highest BCUT2D eigenvalue weighted by Gasteiger charge is 2.26. The highest BCUT2D eigenvalue weighted by Crippen LogP contribution is 2.38. The first kappa shape index (κ1) is 15.2. The van der Waals surface area contributed by atoms with Gasteiger partial charge >= 0.3 is 0 Å². The molecule has 1 aliphatic rings. The Hall–Kier alpha value is -0.240. The van der Waals surface area contributed by atoms with Crippen LogP contribution >= 0.6 is 23.2 Å². The lowest BCUT2D eigenvalue weighted by Gasteiger charge is -2.27. The summed E-state index contributed by atoms with van der Waals surface area (Å²) in [6.45, 7) is 3.30. The van der Waals surface area contributed by atoms with Gasteiger partial charge in [0.2, 0.25) is 0 Å². The molecule has 3 heteroatoms. The van der Waals surface area contributed by atoms with Gasteiger partial charge in [-0.05, 0) is 37.4 Å². The number of nitrogens with one attached hydrogen (secondary N) is 1. The van der Waals surface area contributed by atoms with E-state index in [0.29, 0.717) is 17.0 Å². The lowest BCUT2D eigenvalue weighted by Crippen LogP contribution is -2.35. The molecule has 0 radical (unpaired) electrons. The summed E-state index contributed by atoms with van der Waals surface area (Å²) in [7, 11) is 0. The van der Waals surface area contributed by atoms with Crippen molar-refractivity contribution in [2.24, 2.45) is 0 Å². The lowest BCUT2D eigenvalue weighted by molar-refractivity contribution is 0.411. The minimum atomic E-state index is 0.500. The largest absolute Gasteiger partial charge is 0.313 e. The van der Waals surface area contributed by atoms with E-state index in [4.69, 9.17) is 23.2 Å². The van der Waals surface area contributed by atoms with E-state index in [1.807, 2.05) is 12.1 Å². The number of rotatable bonds is 4. The van der Waals surface area contributed by atoms with Crippen LogP contribution in [0.25, 0.3) is 0 Å². The highest BCUT2D eigenvalue weighted by molar-refractivity contribution is 6.42. The summed E-state index contributed by atoms with van der Waals surface area (Å²) in [6, 6.07) is 6.58. The maximum absolute atomic E-state index is 6.42. The molecule has 1 N–H and O–H groups in total. The molecule has 1 aromatic rings. The Morgan fingerprint density at radius 1 is 1.16 bits per heavy atom. The third kappa shape index (κ3) is 3.87. The molecule has 0 spiro atoms. The predicted octanol–water partition coefficient (Wildman–Crippen LogP) is 5.41. The summed E-state index contributed by atoms with van der Waals surface area (Å²) >= 11 is 12.6. The molecule has 2 atom stereocenters. The minimum absolute atomic E-state index is 0.500. The van der Waals surface area contributed by atoms with Gasteiger partial charge in [-0.15, -0.1) is 0 Å². The third-order valence-corrected chi connectivity index (χ3v) is 4.89. The van der Waals surface area contributed by atoms with Gasteiger partial charge in [0.05, 0.1) is 10.0 Å². The van der Waals surface area contributed by atoms with Crippen molar-refractivity contribution in [2.75, 3.05) is 6.54 Å². The fraction of sp³-hybridized carbons (Fsp3) is 0.625. The second-order valence-corrected chi connectivity index (χ2v) is 6.23. The average Bonchev–Trinajstić information content (AvgIpc) is 2.65. The van der Waals surface area contributed by atoms with E-state index < -0.39 is 0 Å². The van der Waals surface area contributed by atoms with Crippen LogP contribution in [0.1, 0.15) is 56.9 Å². The van der Waals surface area contributed by atoms with Crippen LogP contribution in [0.15, 0.2) is 18.2 Å². The normalized spacial score (nSPS) is 24.2. The van der Waals surface area contributed by atoms with Gasteiger partial charge in [-0.3, -0.25) is 0 Å². The first-order chi connectivity index (χ1) is 9.24. The number of benzene rings is 1. The van der Waals surface area contributed by atoms with Crippen LogP contribution in [0.4, 0.5) is 0 Å². The molecule has 0 bridgehead atoms. The monoisotopic (exact) mass is 299 g/mol. The molecule has 2 unspecified atom stereocenters. The molecule has 0 amide bonds. The predicted molar refractivity (Wildman–Crippen MR) is 84.4 cm³/mol. The summed E-state index contributed by atoms with van der Waals surface area (Å²) in [5, 5.41) is 5.13. The van der Waals surface area contributed by atoms with Gasteiger partial charge in [0, 0.05) is 12.0 Å². The molecule has 1 fully saturated rings. The summed E-state index contributed by atoms with van der Waals surface area (Å²) in [5.74, 6) is 0.500. The van der Waals surface area contributed by atoms with Crippen molar-refractivity contribution in [1.29, 1.82) is 0 Å². The average molecular weight is 300 g/mol. The quantitative estimate of drug-likeness (QED) is 0.733. The van der Waals surface area contributed by atoms with Crippen molar-refractivity contribution >= 4 is 23.2 Å². The van der Waals surface area contributed by atoms with Crippen LogP contribution in [0, 0.1) is 0 Å². The van der Waals surface area contributed by atoms with Crippen molar-refractivity contribution < 1.29 is 0 Å². The van der Waals surface area contributed by atoms with Crippen LogP contribution in [0.3, 0.4) is 0 Å². The Morgan fingerprint density at radius 3 is 2.74 bits per heavy atom. The topological polar surface area (TPSA) is 12.0 Å². The highest BCUT2D eigenvalue weighted by atomic mass is 35.5. The number of halogens is 2. The van der Waals surface area contributed by atoms with E-state index in [0.717, 1.165) is 11.6 Å². The molecule has 0 aromatic heterocycles. The molecule has 1 aliphatic carbocycles. The van der Waals surface area contributed by atoms with E-state index in [9.17, 15) is 0 Å². The SMILES string of the molecule is CCCNC1CCCCCC1c1cccc(Cl)c1Cl. The van der Waals surface area contributed by atoms with Gasteiger partial charge in [-0.25, -0.2) is 0 Å². The Kier molecular flexibility index (Phi) is 6.00. The minimum Gasteiger partial charge on any atom is -0.313 e. The molecular formula is C16H23Cl2N. The molecule has 2 rings (SSSR count). The van der Waals surface area contributed by atoms with Gasteiger partial charge in [0.25, 0.3) is 0 Å². The molecule has 0 aliphatic heterocycles. The maximum Gasteiger partial charge on any atom is 0.0627 e. The zero-order valence-corrected chi connectivity index (χ0v) is 13.1. The van der Waals surface area contributed by atoms with E-state index >= 15 is 0 Å². The Labute approximate surface area is 126 Å². The Bertz CT molecular complexity index is 406. The van der Waals surface area contributed by atoms with Crippen molar-refractivity contribution in [1.82, 2.24) is 5.32 Å². The maximum atomic E-state index is 6.42. The van der Waals surface area contributed by atoms with Crippen LogP contribution in [-0.4, -0.2) is 12.6 Å². The number of hydrogen-bond donors (Lipinski definition) is 1. The van der Waals surface area contributed by atoms with Gasteiger partial charge < -0.3 is 5.32 Å². The molecule has 0 saturated heterocycles.